The van der Waals surface area contributed by atoms with Crippen molar-refractivity contribution in [3.05, 3.63) is 162 Å². The zero-order valence-electron chi connectivity index (χ0n) is 31.9. The SMILES string of the molecule is CCC1=C(C)/C(=C(\c2c(F)c(C)c(F)c(F)c2F)c2c(C)c(CC)c(/C=C/c3cc([N+](=O)[O-])cc([N+](=O)[O-])c3)n2B(F)F)N=C1/C=C/c1cc([N+](=O)[O-])cc([N+](=O)[O-])c1O. The van der Waals surface area contributed by atoms with E-state index in [1.54, 1.807) is 6.92 Å². The molecule has 0 atom stereocenters. The molecule has 1 N–H and O–H groups in total. The Kier molecular flexibility index (Phi) is 12.3. The summed E-state index contributed by atoms with van der Waals surface area (Å²) < 4.78 is 93.9. The highest BCUT2D eigenvalue weighted by atomic mass is 19.2. The first-order valence-corrected chi connectivity index (χ1v) is 17.5. The number of halogens is 6. The number of aromatic nitrogens is 1. The molecule has 5 rings (SSSR count). The molecular weight excluding hydrogens is 809 g/mol. The first-order valence-electron chi connectivity index (χ1n) is 17.5. The van der Waals surface area contributed by atoms with Gasteiger partial charge >= 0.3 is 13.1 Å². The predicted molar refractivity (Wildman–Crippen MR) is 209 cm³/mol. The summed E-state index contributed by atoms with van der Waals surface area (Å²) in [6.45, 7) is 6.63. The fourth-order valence-corrected chi connectivity index (χ4v) is 6.94. The van der Waals surface area contributed by atoms with E-state index in [0.29, 0.717) is 16.6 Å². The lowest BCUT2D eigenvalue weighted by atomic mass is 9.90. The maximum absolute atomic E-state index is 16.3. The van der Waals surface area contributed by atoms with Crippen molar-refractivity contribution < 1.29 is 51.0 Å². The van der Waals surface area contributed by atoms with E-state index in [9.17, 15) is 50.0 Å². The number of non-ortho nitro benzene ring substituents is 3. The molecule has 1 aliphatic heterocycles. The second-order valence-corrected chi connectivity index (χ2v) is 13.2. The lowest BCUT2D eigenvalue weighted by Gasteiger charge is -2.19. The number of aliphatic imine (C=N–C) groups is 1. The van der Waals surface area contributed by atoms with Crippen LogP contribution >= 0.6 is 0 Å². The van der Waals surface area contributed by atoms with Crippen LogP contribution in [0.1, 0.15) is 72.0 Å². The quantitative estimate of drug-likeness (QED) is 0.0338. The molecule has 0 amide bonds. The van der Waals surface area contributed by atoms with E-state index in [1.807, 2.05) is 0 Å². The maximum Gasteiger partial charge on any atom is 0.678 e. The van der Waals surface area contributed by atoms with Gasteiger partial charge in [0.1, 0.15) is 5.82 Å². The molecule has 0 unspecified atom stereocenters. The summed E-state index contributed by atoms with van der Waals surface area (Å²) in [6.07, 6.45) is 4.31. The van der Waals surface area contributed by atoms with E-state index in [4.69, 9.17) is 0 Å². The molecule has 2 heterocycles. The van der Waals surface area contributed by atoms with Crippen LogP contribution in [0.15, 0.2) is 58.2 Å². The monoisotopic (exact) mass is 838 g/mol. The Bertz CT molecular complexity index is 2660. The molecule has 0 fully saturated rings. The molecule has 4 aromatic rings. The molecule has 0 radical (unpaired) electrons. The topological polar surface area (TPSA) is 210 Å². The second kappa shape index (κ2) is 16.8. The Balaban J connectivity index is 1.90. The van der Waals surface area contributed by atoms with Crippen LogP contribution in [-0.4, -0.2) is 42.4 Å². The van der Waals surface area contributed by atoms with Crippen molar-refractivity contribution in [2.24, 2.45) is 4.99 Å². The summed E-state index contributed by atoms with van der Waals surface area (Å²) >= 11 is 0. The Morgan fingerprint density at radius 1 is 0.733 bits per heavy atom. The lowest BCUT2D eigenvalue weighted by Crippen LogP contribution is -2.20. The molecular formula is C38H29BF6N6O9. The molecule has 0 bridgehead atoms. The van der Waals surface area contributed by atoms with Crippen molar-refractivity contribution in [2.75, 3.05) is 0 Å². The van der Waals surface area contributed by atoms with Gasteiger partial charge < -0.3 is 9.58 Å². The maximum atomic E-state index is 16.3. The summed E-state index contributed by atoms with van der Waals surface area (Å²) in [5, 5.41) is 56.7. The van der Waals surface area contributed by atoms with Gasteiger partial charge in [0.05, 0.1) is 48.8 Å². The van der Waals surface area contributed by atoms with Gasteiger partial charge in [0.25, 0.3) is 17.1 Å². The molecule has 0 aliphatic carbocycles. The molecule has 0 saturated carbocycles. The fourth-order valence-electron chi connectivity index (χ4n) is 6.94. The van der Waals surface area contributed by atoms with E-state index in [-0.39, 0.29) is 52.1 Å². The lowest BCUT2D eigenvalue weighted by molar-refractivity contribution is -0.394. The van der Waals surface area contributed by atoms with Gasteiger partial charge in [-0.2, -0.15) is 0 Å². The molecule has 0 saturated heterocycles. The number of nitrogens with zero attached hydrogens (tertiary/aromatic N) is 6. The Morgan fingerprint density at radius 3 is 1.83 bits per heavy atom. The highest BCUT2D eigenvalue weighted by molar-refractivity contribution is 6.42. The molecule has 60 heavy (non-hydrogen) atoms. The Labute approximate surface area is 334 Å². The summed E-state index contributed by atoms with van der Waals surface area (Å²) in [5.41, 5.74) is -7.84. The summed E-state index contributed by atoms with van der Waals surface area (Å²) in [6, 6.07) is 3.92. The number of phenols is 1. The standard InChI is InChI=1S/C38H29BF6N6O9/c1-6-25-17(3)36(46-27(25)10-9-21-14-24(50(57)58)16-29(38(21)52)51(59)60)31(30-32(40)19(5)33(41)35(43)34(30)42)37-18(4)26(7-2)28(47(37)39(44)45)11-8-20-12-22(48(53)54)15-23(13-20)49(55)56/h8-16,52H,6-7H2,1-5H3/b10-9+,11-8+,36-31-. The summed E-state index contributed by atoms with van der Waals surface area (Å²) in [4.78, 5) is 46.8. The number of nitro benzene ring substituents is 4. The average molecular weight is 838 g/mol. The van der Waals surface area contributed by atoms with Gasteiger partial charge in [-0.15, -0.1) is 0 Å². The minimum atomic E-state index is -3.54. The van der Waals surface area contributed by atoms with Gasteiger partial charge in [-0.05, 0) is 79.7 Å². The number of phenolic OH excluding ortho intramolecular Hbond substituents is 1. The zero-order chi connectivity index (χ0) is 44.7. The first-order chi connectivity index (χ1) is 28.2. The van der Waals surface area contributed by atoms with Gasteiger partial charge in [0.15, 0.2) is 17.5 Å². The highest BCUT2D eigenvalue weighted by Crippen LogP contribution is 2.44. The third kappa shape index (κ3) is 7.77. The Hall–Kier alpha value is -7.39. The smallest absolute Gasteiger partial charge is 0.502 e. The van der Waals surface area contributed by atoms with Crippen molar-refractivity contribution >= 4 is 59.7 Å². The fraction of sp³-hybridized carbons (Fsp3) is 0.184. The van der Waals surface area contributed by atoms with Gasteiger partial charge in [-0.25, -0.2) is 22.6 Å². The predicted octanol–water partition coefficient (Wildman–Crippen LogP) is 10.2. The molecule has 1 aromatic heterocycles. The van der Waals surface area contributed by atoms with Gasteiger partial charge in [-0.3, -0.25) is 49.1 Å². The highest BCUT2D eigenvalue weighted by Gasteiger charge is 2.37. The van der Waals surface area contributed by atoms with Crippen molar-refractivity contribution in [3.8, 4) is 5.75 Å². The van der Waals surface area contributed by atoms with E-state index in [0.717, 1.165) is 49.4 Å². The van der Waals surface area contributed by atoms with E-state index in [1.165, 1.54) is 20.8 Å². The number of aromatic hydroxyl groups is 1. The minimum Gasteiger partial charge on any atom is -0.502 e. The average Bonchev–Trinajstić information content (AvgIpc) is 3.67. The molecule has 3 aromatic carbocycles. The third-order valence-electron chi connectivity index (χ3n) is 9.79. The van der Waals surface area contributed by atoms with E-state index >= 15 is 21.8 Å². The number of allylic oxidation sites excluding steroid dienone is 3. The summed E-state index contributed by atoms with van der Waals surface area (Å²) in [5.74, 6) is -8.77. The van der Waals surface area contributed by atoms with Crippen LogP contribution in [0.25, 0.3) is 23.8 Å². The number of hydrogen-bond donors (Lipinski definition) is 1. The summed E-state index contributed by atoms with van der Waals surface area (Å²) in [7, 11) is -3.54. The van der Waals surface area contributed by atoms with Gasteiger partial charge in [0, 0.05) is 46.3 Å². The first kappa shape index (κ1) is 43.7. The number of rotatable bonds is 13. The van der Waals surface area contributed by atoms with Crippen LogP contribution in [0.5, 0.6) is 5.75 Å². The van der Waals surface area contributed by atoms with Gasteiger partial charge in [0.2, 0.25) is 5.75 Å². The van der Waals surface area contributed by atoms with Crippen LogP contribution < -0.4 is 0 Å². The molecule has 15 nitrogen and oxygen atoms in total. The van der Waals surface area contributed by atoms with Crippen molar-refractivity contribution in [1.29, 1.82) is 0 Å². The molecule has 0 spiro atoms. The van der Waals surface area contributed by atoms with E-state index < -0.39 is 113 Å². The molecule has 1 aliphatic rings. The minimum absolute atomic E-state index is 0.0389. The van der Waals surface area contributed by atoms with E-state index in [2.05, 4.69) is 4.99 Å². The second-order valence-electron chi connectivity index (χ2n) is 13.2. The van der Waals surface area contributed by atoms with Crippen molar-refractivity contribution in [1.82, 2.24) is 4.48 Å². The largest absolute Gasteiger partial charge is 0.678 e. The molecule has 22 heteroatoms. The Morgan fingerprint density at radius 2 is 1.32 bits per heavy atom. The van der Waals surface area contributed by atoms with Crippen LogP contribution in [0, 0.1) is 77.6 Å². The number of hydrogen-bond acceptors (Lipinski definition) is 10. The van der Waals surface area contributed by atoms with Crippen molar-refractivity contribution in [2.45, 2.75) is 47.5 Å². The number of nitro groups is 4. The molecule has 310 valence electrons. The van der Waals surface area contributed by atoms with Crippen LogP contribution in [0.4, 0.5) is 48.9 Å². The third-order valence-corrected chi connectivity index (χ3v) is 9.79. The van der Waals surface area contributed by atoms with Crippen molar-refractivity contribution in [3.63, 3.8) is 0 Å². The number of benzene rings is 3. The van der Waals surface area contributed by atoms with Crippen LogP contribution in [0.2, 0.25) is 0 Å². The van der Waals surface area contributed by atoms with Crippen LogP contribution in [-0.2, 0) is 6.42 Å². The van der Waals surface area contributed by atoms with Crippen LogP contribution in [0.3, 0.4) is 0 Å². The normalized spacial score (nSPS) is 13.8. The zero-order valence-corrected chi connectivity index (χ0v) is 31.9. The van der Waals surface area contributed by atoms with Gasteiger partial charge in [-0.1, -0.05) is 19.9 Å².